The maximum absolute atomic E-state index is 2.70. The highest BCUT2D eigenvalue weighted by molar-refractivity contribution is 5.37. The van der Waals surface area contributed by atoms with Crippen LogP contribution >= 0.6 is 0 Å². The third-order valence-electron chi connectivity index (χ3n) is 5.55. The van der Waals surface area contributed by atoms with Gasteiger partial charge in [0, 0.05) is 18.5 Å². The molecule has 1 aromatic carbocycles. The van der Waals surface area contributed by atoms with Gasteiger partial charge in [0.25, 0.3) is 0 Å². The summed E-state index contributed by atoms with van der Waals surface area (Å²) in [7, 11) is 0. The SMILES string of the molecule is CCCCCCN1CC2C(C1)C2(C)c1ccccc1. The molecule has 1 heteroatoms. The van der Waals surface area contributed by atoms with Crippen molar-refractivity contribution in [1.82, 2.24) is 4.90 Å². The zero-order chi connectivity index (χ0) is 13.3. The molecule has 3 rings (SSSR count). The molecule has 2 unspecified atom stereocenters. The smallest absolute Gasteiger partial charge is 0.00218 e. The highest BCUT2D eigenvalue weighted by Crippen LogP contribution is 2.63. The van der Waals surface area contributed by atoms with Crippen molar-refractivity contribution in [3.05, 3.63) is 35.9 Å². The van der Waals surface area contributed by atoms with Crippen molar-refractivity contribution in [2.45, 2.75) is 44.9 Å². The zero-order valence-electron chi connectivity index (χ0n) is 12.4. The molecule has 2 aliphatic rings. The number of nitrogens with zero attached hydrogens (tertiary/aromatic N) is 1. The first kappa shape index (κ1) is 13.2. The largest absolute Gasteiger partial charge is 0.303 e. The van der Waals surface area contributed by atoms with Crippen LogP contribution in [0.1, 0.15) is 45.1 Å². The molecule has 19 heavy (non-hydrogen) atoms. The van der Waals surface area contributed by atoms with Gasteiger partial charge in [-0.15, -0.1) is 0 Å². The highest BCUT2D eigenvalue weighted by atomic mass is 15.2. The van der Waals surface area contributed by atoms with Crippen LogP contribution in [0.3, 0.4) is 0 Å². The van der Waals surface area contributed by atoms with Gasteiger partial charge in [-0.1, -0.05) is 63.4 Å². The lowest BCUT2D eigenvalue weighted by molar-refractivity contribution is 0.271. The Morgan fingerprint density at radius 2 is 1.74 bits per heavy atom. The van der Waals surface area contributed by atoms with Gasteiger partial charge < -0.3 is 4.90 Å². The Balaban J connectivity index is 1.50. The van der Waals surface area contributed by atoms with E-state index >= 15 is 0 Å². The van der Waals surface area contributed by atoms with Crippen LogP contribution in [0.25, 0.3) is 0 Å². The van der Waals surface area contributed by atoms with Crippen molar-refractivity contribution < 1.29 is 0 Å². The van der Waals surface area contributed by atoms with Gasteiger partial charge in [-0.05, 0) is 30.4 Å². The van der Waals surface area contributed by atoms with Crippen LogP contribution < -0.4 is 0 Å². The summed E-state index contributed by atoms with van der Waals surface area (Å²) in [5.74, 6) is 1.84. The molecule has 0 aromatic heterocycles. The summed E-state index contributed by atoms with van der Waals surface area (Å²) >= 11 is 0. The molecule has 1 aromatic rings. The fourth-order valence-corrected chi connectivity index (χ4v) is 4.13. The Morgan fingerprint density at radius 1 is 1.05 bits per heavy atom. The number of unbranched alkanes of at least 4 members (excludes halogenated alkanes) is 3. The number of hydrogen-bond acceptors (Lipinski definition) is 1. The molecule has 1 nitrogen and oxygen atoms in total. The lowest BCUT2D eigenvalue weighted by atomic mass is 9.92. The summed E-state index contributed by atoms with van der Waals surface area (Å²) in [5.41, 5.74) is 2.05. The van der Waals surface area contributed by atoms with E-state index in [-0.39, 0.29) is 0 Å². The maximum Gasteiger partial charge on any atom is 0.00218 e. The molecule has 1 aliphatic carbocycles. The maximum atomic E-state index is 2.70. The number of likely N-dealkylation sites (tertiary alicyclic amines) is 1. The first-order chi connectivity index (χ1) is 9.26. The van der Waals surface area contributed by atoms with E-state index in [4.69, 9.17) is 0 Å². The van der Waals surface area contributed by atoms with Crippen LogP contribution in [0.2, 0.25) is 0 Å². The lowest BCUT2D eigenvalue weighted by Crippen LogP contribution is -2.29. The second-order valence-corrected chi connectivity index (χ2v) is 6.68. The molecule has 0 spiro atoms. The Morgan fingerprint density at radius 3 is 2.37 bits per heavy atom. The number of benzene rings is 1. The molecule has 0 radical (unpaired) electrons. The first-order valence-electron chi connectivity index (χ1n) is 8.04. The van der Waals surface area contributed by atoms with Crippen LogP contribution in [0.15, 0.2) is 30.3 Å². The van der Waals surface area contributed by atoms with Gasteiger partial charge in [-0.3, -0.25) is 0 Å². The van der Waals surface area contributed by atoms with Crippen molar-refractivity contribution >= 4 is 0 Å². The average molecular weight is 257 g/mol. The molecule has 0 bridgehead atoms. The number of hydrogen-bond donors (Lipinski definition) is 0. The zero-order valence-corrected chi connectivity index (χ0v) is 12.4. The van der Waals surface area contributed by atoms with Crippen molar-refractivity contribution in [3.8, 4) is 0 Å². The van der Waals surface area contributed by atoms with Gasteiger partial charge >= 0.3 is 0 Å². The molecule has 1 saturated carbocycles. The molecule has 1 heterocycles. The second kappa shape index (κ2) is 5.28. The summed E-state index contributed by atoms with van der Waals surface area (Å²) in [4.78, 5) is 2.70. The normalized spacial score (nSPS) is 33.4. The van der Waals surface area contributed by atoms with E-state index in [0.29, 0.717) is 5.41 Å². The lowest BCUT2D eigenvalue weighted by Gasteiger charge is -2.24. The van der Waals surface area contributed by atoms with Gasteiger partial charge in [-0.25, -0.2) is 0 Å². The summed E-state index contributed by atoms with van der Waals surface area (Å²) in [6, 6.07) is 11.2. The summed E-state index contributed by atoms with van der Waals surface area (Å²) in [5, 5.41) is 0. The highest BCUT2D eigenvalue weighted by Gasteiger charge is 2.65. The minimum absolute atomic E-state index is 0.487. The Hall–Kier alpha value is -0.820. The summed E-state index contributed by atoms with van der Waals surface area (Å²) < 4.78 is 0. The van der Waals surface area contributed by atoms with Crippen molar-refractivity contribution in [1.29, 1.82) is 0 Å². The Labute approximate surface area is 118 Å². The van der Waals surface area contributed by atoms with E-state index in [2.05, 4.69) is 49.1 Å². The molecular weight excluding hydrogens is 230 g/mol. The van der Waals surface area contributed by atoms with Crippen LogP contribution in [-0.2, 0) is 5.41 Å². The van der Waals surface area contributed by atoms with Crippen LogP contribution in [0.5, 0.6) is 0 Å². The fourth-order valence-electron chi connectivity index (χ4n) is 4.13. The predicted molar refractivity (Wildman–Crippen MR) is 81.4 cm³/mol. The third kappa shape index (κ3) is 2.33. The minimum Gasteiger partial charge on any atom is -0.303 e. The number of piperidine rings is 1. The summed E-state index contributed by atoms with van der Waals surface area (Å²) in [6.45, 7) is 8.77. The van der Waals surface area contributed by atoms with E-state index < -0.39 is 0 Å². The van der Waals surface area contributed by atoms with E-state index in [1.807, 2.05) is 0 Å². The van der Waals surface area contributed by atoms with Crippen molar-refractivity contribution in [3.63, 3.8) is 0 Å². The van der Waals surface area contributed by atoms with E-state index in [9.17, 15) is 0 Å². The van der Waals surface area contributed by atoms with Crippen LogP contribution in [-0.4, -0.2) is 24.5 Å². The average Bonchev–Trinajstić information content (AvgIpc) is 2.83. The van der Waals surface area contributed by atoms with Gasteiger partial charge in [0.1, 0.15) is 0 Å². The van der Waals surface area contributed by atoms with E-state index in [1.165, 1.54) is 45.3 Å². The number of fused-ring (bicyclic) bond motifs is 1. The van der Waals surface area contributed by atoms with Crippen molar-refractivity contribution in [2.75, 3.05) is 19.6 Å². The number of rotatable bonds is 6. The van der Waals surface area contributed by atoms with E-state index in [0.717, 1.165) is 11.8 Å². The summed E-state index contributed by atoms with van der Waals surface area (Å²) in [6.07, 6.45) is 5.56. The van der Waals surface area contributed by atoms with Crippen LogP contribution in [0.4, 0.5) is 0 Å². The topological polar surface area (TPSA) is 3.24 Å². The molecule has 1 aliphatic heterocycles. The monoisotopic (exact) mass is 257 g/mol. The third-order valence-corrected chi connectivity index (χ3v) is 5.55. The van der Waals surface area contributed by atoms with E-state index in [1.54, 1.807) is 5.56 Å². The Bertz CT molecular complexity index is 399. The van der Waals surface area contributed by atoms with Gasteiger partial charge in [0.15, 0.2) is 0 Å². The quantitative estimate of drug-likeness (QED) is 0.694. The predicted octanol–water partition coefficient (Wildman–Crippen LogP) is 4.09. The Kier molecular flexibility index (Phi) is 3.66. The van der Waals surface area contributed by atoms with Gasteiger partial charge in [-0.2, -0.15) is 0 Å². The fraction of sp³-hybridized carbons (Fsp3) is 0.667. The molecule has 104 valence electrons. The van der Waals surface area contributed by atoms with Crippen molar-refractivity contribution in [2.24, 2.45) is 11.8 Å². The molecule has 1 saturated heterocycles. The van der Waals surface area contributed by atoms with Gasteiger partial charge in [0.05, 0.1) is 0 Å². The second-order valence-electron chi connectivity index (χ2n) is 6.68. The van der Waals surface area contributed by atoms with Gasteiger partial charge in [0.2, 0.25) is 0 Å². The first-order valence-corrected chi connectivity index (χ1v) is 8.04. The minimum atomic E-state index is 0.487. The molecule has 2 fully saturated rings. The van der Waals surface area contributed by atoms with Crippen LogP contribution in [0, 0.1) is 11.8 Å². The molecule has 0 N–H and O–H groups in total. The standard InChI is InChI=1S/C18H27N/c1-3-4-5-9-12-19-13-16-17(14-19)18(16,2)15-10-7-6-8-11-15/h6-8,10-11,16-17H,3-5,9,12-14H2,1-2H3. The molecule has 0 amide bonds. The molecular formula is C18H27N. The molecule has 2 atom stereocenters.